The van der Waals surface area contributed by atoms with Gasteiger partial charge < -0.3 is 9.47 Å². The molecule has 0 aromatic carbocycles. The average Bonchev–Trinajstić information content (AvgIpc) is 2.59. The van der Waals surface area contributed by atoms with Gasteiger partial charge in [0.1, 0.15) is 12.7 Å². The average molecular weight is 210 g/mol. The minimum atomic E-state index is 0.0657. The molecule has 15 heavy (non-hydrogen) atoms. The summed E-state index contributed by atoms with van der Waals surface area (Å²) in [6, 6.07) is 2.02. The van der Waals surface area contributed by atoms with E-state index in [2.05, 4.69) is 25.9 Å². The first-order valence-corrected chi connectivity index (χ1v) is 5.24. The van der Waals surface area contributed by atoms with Gasteiger partial charge in [0.05, 0.1) is 12.2 Å². The van der Waals surface area contributed by atoms with Crippen molar-refractivity contribution in [3.8, 4) is 5.88 Å². The van der Waals surface area contributed by atoms with Crippen LogP contribution in [0.5, 0.6) is 5.88 Å². The van der Waals surface area contributed by atoms with Gasteiger partial charge in [0.25, 0.3) is 0 Å². The summed E-state index contributed by atoms with van der Waals surface area (Å²) in [6.45, 7) is 7.84. The van der Waals surface area contributed by atoms with Gasteiger partial charge in [0, 0.05) is 18.6 Å². The lowest BCUT2D eigenvalue weighted by Gasteiger charge is -2.22. The van der Waals surface area contributed by atoms with Gasteiger partial charge in [-0.15, -0.1) is 0 Å². The van der Waals surface area contributed by atoms with E-state index >= 15 is 0 Å². The Bertz CT molecular complexity index is 352. The van der Waals surface area contributed by atoms with Gasteiger partial charge in [-0.05, 0) is 0 Å². The Balaban J connectivity index is 2.26. The highest BCUT2D eigenvalue weighted by Crippen LogP contribution is 2.27. The SMILES string of the molecule is COC1COc2cc(C(C)(C)C)nn2C1. The van der Waals surface area contributed by atoms with Crippen LogP contribution in [0.4, 0.5) is 0 Å². The molecule has 1 aromatic heterocycles. The van der Waals surface area contributed by atoms with E-state index in [0.29, 0.717) is 6.61 Å². The molecule has 0 fully saturated rings. The van der Waals surface area contributed by atoms with E-state index in [1.807, 2.05) is 10.7 Å². The van der Waals surface area contributed by atoms with E-state index in [0.717, 1.165) is 18.1 Å². The zero-order chi connectivity index (χ0) is 11.1. The Morgan fingerprint density at radius 1 is 1.53 bits per heavy atom. The van der Waals surface area contributed by atoms with Crippen LogP contribution >= 0.6 is 0 Å². The monoisotopic (exact) mass is 210 g/mol. The van der Waals surface area contributed by atoms with Gasteiger partial charge >= 0.3 is 0 Å². The van der Waals surface area contributed by atoms with Crippen molar-refractivity contribution < 1.29 is 9.47 Å². The second-order valence-corrected chi connectivity index (χ2v) is 4.97. The maximum Gasteiger partial charge on any atom is 0.212 e. The molecular weight excluding hydrogens is 192 g/mol. The highest BCUT2D eigenvalue weighted by atomic mass is 16.5. The molecular formula is C11H18N2O2. The quantitative estimate of drug-likeness (QED) is 0.706. The van der Waals surface area contributed by atoms with Crippen LogP contribution in [0.25, 0.3) is 0 Å². The standard InChI is InChI=1S/C11H18N2O2/c1-11(2,3)9-5-10-13(12-9)6-8(14-4)7-15-10/h5,8H,6-7H2,1-4H3. The number of methoxy groups -OCH3 is 1. The molecule has 1 unspecified atom stereocenters. The predicted molar refractivity (Wildman–Crippen MR) is 57.2 cm³/mol. The Morgan fingerprint density at radius 2 is 2.27 bits per heavy atom. The van der Waals surface area contributed by atoms with E-state index in [-0.39, 0.29) is 11.5 Å². The van der Waals surface area contributed by atoms with Crippen molar-refractivity contribution in [1.29, 1.82) is 0 Å². The summed E-state index contributed by atoms with van der Waals surface area (Å²) in [7, 11) is 1.70. The van der Waals surface area contributed by atoms with E-state index in [9.17, 15) is 0 Å². The molecule has 0 radical (unpaired) electrons. The summed E-state index contributed by atoms with van der Waals surface area (Å²) >= 11 is 0. The van der Waals surface area contributed by atoms with Crippen molar-refractivity contribution >= 4 is 0 Å². The van der Waals surface area contributed by atoms with Crippen LogP contribution in [0.1, 0.15) is 26.5 Å². The number of ether oxygens (including phenoxy) is 2. The maximum absolute atomic E-state index is 5.58. The molecule has 0 aliphatic carbocycles. The number of fused-ring (bicyclic) bond motifs is 1. The molecule has 84 valence electrons. The fourth-order valence-corrected chi connectivity index (χ4v) is 1.58. The van der Waals surface area contributed by atoms with Crippen molar-refractivity contribution in [2.45, 2.75) is 38.8 Å². The maximum atomic E-state index is 5.58. The van der Waals surface area contributed by atoms with Crippen LogP contribution < -0.4 is 4.74 Å². The first-order valence-electron chi connectivity index (χ1n) is 5.24. The minimum Gasteiger partial charge on any atom is -0.475 e. The Morgan fingerprint density at radius 3 is 2.87 bits per heavy atom. The number of aromatic nitrogens is 2. The van der Waals surface area contributed by atoms with Crippen molar-refractivity contribution in [1.82, 2.24) is 9.78 Å². The van der Waals surface area contributed by atoms with Crippen LogP contribution in [0.15, 0.2) is 6.07 Å². The molecule has 0 N–H and O–H groups in total. The fourth-order valence-electron chi connectivity index (χ4n) is 1.58. The molecule has 1 aliphatic rings. The molecule has 0 spiro atoms. The van der Waals surface area contributed by atoms with Crippen molar-refractivity contribution in [3.63, 3.8) is 0 Å². The smallest absolute Gasteiger partial charge is 0.212 e. The lowest BCUT2D eigenvalue weighted by atomic mass is 9.93. The molecule has 4 heteroatoms. The topological polar surface area (TPSA) is 36.3 Å². The molecule has 0 amide bonds. The Hall–Kier alpha value is -1.03. The van der Waals surface area contributed by atoms with Gasteiger partial charge in [0.15, 0.2) is 0 Å². The number of hydrogen-bond acceptors (Lipinski definition) is 3. The van der Waals surface area contributed by atoms with Crippen molar-refractivity contribution in [2.75, 3.05) is 13.7 Å². The third-order valence-electron chi connectivity index (χ3n) is 2.64. The van der Waals surface area contributed by atoms with E-state index in [4.69, 9.17) is 9.47 Å². The third kappa shape index (κ3) is 2.00. The summed E-state index contributed by atoms with van der Waals surface area (Å²) in [5.41, 5.74) is 1.13. The highest BCUT2D eigenvalue weighted by molar-refractivity contribution is 5.22. The van der Waals surface area contributed by atoms with Crippen LogP contribution in [-0.4, -0.2) is 29.6 Å². The number of rotatable bonds is 1. The minimum absolute atomic E-state index is 0.0657. The Labute approximate surface area is 90.2 Å². The van der Waals surface area contributed by atoms with Gasteiger partial charge in [-0.3, -0.25) is 0 Å². The lowest BCUT2D eigenvalue weighted by molar-refractivity contribution is 0.0178. The zero-order valence-electron chi connectivity index (χ0n) is 9.78. The summed E-state index contributed by atoms with van der Waals surface area (Å²) in [4.78, 5) is 0. The van der Waals surface area contributed by atoms with Crippen LogP contribution in [-0.2, 0) is 16.7 Å². The summed E-state index contributed by atoms with van der Waals surface area (Å²) in [5, 5.41) is 4.53. The zero-order valence-corrected chi connectivity index (χ0v) is 9.78. The third-order valence-corrected chi connectivity index (χ3v) is 2.64. The molecule has 0 saturated heterocycles. The molecule has 0 saturated carbocycles. The summed E-state index contributed by atoms with van der Waals surface area (Å²) < 4.78 is 12.7. The van der Waals surface area contributed by atoms with Crippen LogP contribution in [0.2, 0.25) is 0 Å². The van der Waals surface area contributed by atoms with Gasteiger partial charge in [-0.25, -0.2) is 4.68 Å². The largest absolute Gasteiger partial charge is 0.475 e. The van der Waals surface area contributed by atoms with E-state index in [1.165, 1.54) is 0 Å². The van der Waals surface area contributed by atoms with Crippen LogP contribution in [0, 0.1) is 0 Å². The van der Waals surface area contributed by atoms with E-state index < -0.39 is 0 Å². The first-order chi connectivity index (χ1) is 7.00. The number of hydrogen-bond donors (Lipinski definition) is 0. The molecule has 4 nitrogen and oxygen atoms in total. The normalized spacial score (nSPS) is 20.9. The molecule has 1 atom stereocenters. The predicted octanol–water partition coefficient (Wildman–Crippen LogP) is 1.59. The molecule has 2 heterocycles. The molecule has 2 rings (SSSR count). The second kappa shape index (κ2) is 3.52. The fraction of sp³-hybridized carbons (Fsp3) is 0.727. The molecule has 1 aromatic rings. The van der Waals surface area contributed by atoms with E-state index in [1.54, 1.807) is 7.11 Å². The summed E-state index contributed by atoms with van der Waals surface area (Å²) in [5.74, 6) is 0.855. The summed E-state index contributed by atoms with van der Waals surface area (Å²) in [6.07, 6.45) is 0.116. The lowest BCUT2D eigenvalue weighted by Crippen LogP contribution is -2.31. The van der Waals surface area contributed by atoms with Crippen LogP contribution in [0.3, 0.4) is 0 Å². The van der Waals surface area contributed by atoms with Gasteiger partial charge in [0.2, 0.25) is 5.88 Å². The Kier molecular flexibility index (Phi) is 2.46. The second-order valence-electron chi connectivity index (χ2n) is 4.97. The van der Waals surface area contributed by atoms with Crippen molar-refractivity contribution in [3.05, 3.63) is 11.8 Å². The number of nitrogens with zero attached hydrogens (tertiary/aromatic N) is 2. The molecule has 0 bridgehead atoms. The van der Waals surface area contributed by atoms with Crippen molar-refractivity contribution in [2.24, 2.45) is 0 Å². The van der Waals surface area contributed by atoms with Gasteiger partial charge in [-0.1, -0.05) is 20.8 Å². The highest BCUT2D eigenvalue weighted by Gasteiger charge is 2.25. The first kappa shape index (κ1) is 10.5. The van der Waals surface area contributed by atoms with Gasteiger partial charge in [-0.2, -0.15) is 5.10 Å². The molecule has 1 aliphatic heterocycles.